The Morgan fingerprint density at radius 1 is 1.39 bits per heavy atom. The van der Waals surface area contributed by atoms with Crippen molar-refractivity contribution in [2.45, 2.75) is 44.7 Å². The molecule has 2 unspecified atom stereocenters. The Hall–Kier alpha value is -2.81. The molecule has 0 bridgehead atoms. The standard InChI is InChI=1S/C22H29FN4O4/c1-4-11-9-26(8-7-14(11)25-2)19-16(23)17(24)15-18(21(19)31-3)27(12-5-6-12)10-13(20(15)28)22(29)30/h10-12,14,25H,4-9,24H2,1-3H3,(H,29,30). The van der Waals surface area contributed by atoms with E-state index in [0.717, 1.165) is 25.7 Å². The van der Waals surface area contributed by atoms with Gasteiger partial charge in [-0.15, -0.1) is 0 Å². The number of carboxylic acids is 1. The number of benzene rings is 1. The summed E-state index contributed by atoms with van der Waals surface area (Å²) in [7, 11) is 3.38. The zero-order valence-corrected chi connectivity index (χ0v) is 18.1. The highest BCUT2D eigenvalue weighted by molar-refractivity contribution is 6.03. The molecule has 8 nitrogen and oxygen atoms in total. The van der Waals surface area contributed by atoms with Gasteiger partial charge >= 0.3 is 5.97 Å². The van der Waals surface area contributed by atoms with Crippen LogP contribution in [0.1, 0.15) is 49.0 Å². The van der Waals surface area contributed by atoms with E-state index >= 15 is 4.39 Å². The third-order valence-corrected chi connectivity index (χ3v) is 6.70. The monoisotopic (exact) mass is 432 g/mol. The lowest BCUT2D eigenvalue weighted by Crippen LogP contribution is -2.48. The fourth-order valence-electron chi connectivity index (χ4n) is 4.86. The average Bonchev–Trinajstić information content (AvgIpc) is 3.60. The summed E-state index contributed by atoms with van der Waals surface area (Å²) >= 11 is 0. The quantitative estimate of drug-likeness (QED) is 0.602. The van der Waals surface area contributed by atoms with Gasteiger partial charge in [0.25, 0.3) is 0 Å². The summed E-state index contributed by atoms with van der Waals surface area (Å²) in [6.07, 6.45) is 4.81. The molecule has 9 heteroatoms. The van der Waals surface area contributed by atoms with Gasteiger partial charge in [-0.2, -0.15) is 0 Å². The molecule has 4 rings (SSSR count). The smallest absolute Gasteiger partial charge is 0.341 e. The lowest BCUT2D eigenvalue weighted by Gasteiger charge is -2.40. The number of piperidine rings is 1. The van der Waals surface area contributed by atoms with Gasteiger partial charge in [0, 0.05) is 31.4 Å². The first-order valence-corrected chi connectivity index (χ1v) is 10.7. The molecule has 2 aromatic rings. The minimum absolute atomic E-state index is 0.0335. The van der Waals surface area contributed by atoms with Gasteiger partial charge in [0.1, 0.15) is 11.3 Å². The van der Waals surface area contributed by atoms with E-state index in [4.69, 9.17) is 10.5 Å². The third kappa shape index (κ3) is 3.40. The van der Waals surface area contributed by atoms with Crippen molar-refractivity contribution in [1.29, 1.82) is 0 Å². The number of carbonyl (C=O) groups is 1. The molecule has 1 aliphatic carbocycles. The number of methoxy groups -OCH3 is 1. The first-order valence-electron chi connectivity index (χ1n) is 10.7. The van der Waals surface area contributed by atoms with Crippen LogP contribution in [0.25, 0.3) is 10.9 Å². The summed E-state index contributed by atoms with van der Waals surface area (Å²) in [6, 6.07) is 0.377. The summed E-state index contributed by atoms with van der Waals surface area (Å²) in [5, 5.41) is 12.7. The number of hydrogen-bond acceptors (Lipinski definition) is 6. The fraction of sp³-hybridized carbons (Fsp3) is 0.545. The molecule has 0 spiro atoms. The second-order valence-corrected chi connectivity index (χ2v) is 8.45. The molecule has 1 aromatic heterocycles. The number of nitrogens with zero attached hydrogens (tertiary/aromatic N) is 2. The number of nitrogens with one attached hydrogen (secondary N) is 1. The fourth-order valence-corrected chi connectivity index (χ4v) is 4.86. The van der Waals surface area contributed by atoms with Gasteiger partial charge in [-0.1, -0.05) is 13.3 Å². The zero-order valence-electron chi connectivity index (χ0n) is 18.1. The van der Waals surface area contributed by atoms with Gasteiger partial charge in [-0.3, -0.25) is 4.79 Å². The minimum atomic E-state index is -1.36. The molecule has 0 radical (unpaired) electrons. The molecule has 1 saturated carbocycles. The molecule has 31 heavy (non-hydrogen) atoms. The number of halogens is 1. The highest BCUT2D eigenvalue weighted by atomic mass is 19.1. The van der Waals surface area contributed by atoms with Crippen molar-refractivity contribution in [1.82, 2.24) is 9.88 Å². The SMILES string of the molecule is CCC1CN(c2c(F)c(N)c3c(=O)c(C(=O)O)cn(C4CC4)c3c2OC)CCC1NC. The van der Waals surface area contributed by atoms with E-state index in [1.54, 1.807) is 4.57 Å². The van der Waals surface area contributed by atoms with Gasteiger partial charge in [0.15, 0.2) is 11.6 Å². The van der Waals surface area contributed by atoms with E-state index in [9.17, 15) is 14.7 Å². The first-order chi connectivity index (χ1) is 14.8. The highest BCUT2D eigenvalue weighted by Gasteiger charge is 2.35. The Labute approximate surface area is 179 Å². The van der Waals surface area contributed by atoms with Gasteiger partial charge in [0.2, 0.25) is 5.43 Å². The maximum Gasteiger partial charge on any atom is 0.341 e. The van der Waals surface area contributed by atoms with Gasteiger partial charge < -0.3 is 30.4 Å². The average molecular weight is 432 g/mol. The van der Waals surface area contributed by atoms with Crippen molar-refractivity contribution in [3.05, 3.63) is 27.8 Å². The van der Waals surface area contributed by atoms with Crippen molar-refractivity contribution in [3.63, 3.8) is 0 Å². The van der Waals surface area contributed by atoms with E-state index in [1.807, 2.05) is 11.9 Å². The normalized spacial score (nSPS) is 21.5. The minimum Gasteiger partial charge on any atom is -0.492 e. The summed E-state index contributed by atoms with van der Waals surface area (Å²) < 4.78 is 23.1. The van der Waals surface area contributed by atoms with Crippen LogP contribution in [0.5, 0.6) is 5.75 Å². The molecule has 2 fully saturated rings. The van der Waals surface area contributed by atoms with Crippen LogP contribution in [-0.4, -0.2) is 48.9 Å². The lowest BCUT2D eigenvalue weighted by molar-refractivity contribution is 0.0695. The molecular formula is C22H29FN4O4. The Morgan fingerprint density at radius 2 is 2.10 bits per heavy atom. The summed E-state index contributed by atoms with van der Waals surface area (Å²) in [6.45, 7) is 3.35. The third-order valence-electron chi connectivity index (χ3n) is 6.70. The number of pyridine rings is 1. The molecule has 2 atom stereocenters. The van der Waals surface area contributed by atoms with Gasteiger partial charge in [0.05, 0.1) is 23.7 Å². The largest absolute Gasteiger partial charge is 0.492 e. The van der Waals surface area contributed by atoms with Crippen LogP contribution < -0.4 is 26.1 Å². The van der Waals surface area contributed by atoms with E-state index in [2.05, 4.69) is 12.2 Å². The summed E-state index contributed by atoms with van der Waals surface area (Å²) in [5.74, 6) is -1.53. The van der Waals surface area contributed by atoms with Gasteiger partial charge in [-0.25, -0.2) is 9.18 Å². The number of nitrogens with two attached hydrogens (primary N) is 1. The van der Waals surface area contributed by atoms with Crippen LogP contribution in [0, 0.1) is 11.7 Å². The van der Waals surface area contributed by atoms with E-state index in [0.29, 0.717) is 30.6 Å². The van der Waals surface area contributed by atoms with Crippen molar-refractivity contribution in [2.24, 2.45) is 5.92 Å². The van der Waals surface area contributed by atoms with Crippen molar-refractivity contribution >= 4 is 28.2 Å². The highest BCUT2D eigenvalue weighted by Crippen LogP contribution is 2.46. The lowest BCUT2D eigenvalue weighted by atomic mass is 9.89. The molecule has 1 saturated heterocycles. The number of ether oxygens (including phenoxy) is 1. The number of aromatic nitrogens is 1. The molecule has 1 aromatic carbocycles. The first kappa shape index (κ1) is 21.4. The van der Waals surface area contributed by atoms with Crippen LogP contribution in [0.2, 0.25) is 0 Å². The molecule has 4 N–H and O–H groups in total. The Balaban J connectivity index is 1.99. The number of fused-ring (bicyclic) bond motifs is 1. The molecule has 168 valence electrons. The Kier molecular flexibility index (Phi) is 5.55. The Bertz CT molecular complexity index is 1100. The van der Waals surface area contributed by atoms with Crippen molar-refractivity contribution < 1.29 is 19.0 Å². The number of carboxylic acid groups (broad SMARTS) is 1. The number of anilines is 2. The van der Waals surface area contributed by atoms with E-state index < -0.39 is 22.8 Å². The number of aromatic carboxylic acids is 1. The van der Waals surface area contributed by atoms with Crippen LogP contribution in [0.3, 0.4) is 0 Å². The number of nitrogen functional groups attached to an aromatic ring is 1. The maximum atomic E-state index is 15.7. The molecule has 2 heterocycles. The molecule has 0 amide bonds. The predicted octanol–water partition coefficient (Wildman–Crippen LogP) is 2.59. The van der Waals surface area contributed by atoms with Crippen LogP contribution in [0.4, 0.5) is 15.8 Å². The molecule has 1 aliphatic heterocycles. The molecular weight excluding hydrogens is 403 g/mol. The van der Waals surface area contributed by atoms with E-state index in [1.165, 1.54) is 13.3 Å². The number of rotatable bonds is 6. The van der Waals surface area contributed by atoms with Gasteiger partial charge in [-0.05, 0) is 32.2 Å². The van der Waals surface area contributed by atoms with Crippen LogP contribution in [0.15, 0.2) is 11.0 Å². The Morgan fingerprint density at radius 3 is 2.65 bits per heavy atom. The zero-order chi connectivity index (χ0) is 22.4. The van der Waals surface area contributed by atoms with E-state index in [-0.39, 0.29) is 28.6 Å². The summed E-state index contributed by atoms with van der Waals surface area (Å²) in [5.41, 5.74) is 5.25. The number of hydrogen-bond donors (Lipinski definition) is 3. The summed E-state index contributed by atoms with van der Waals surface area (Å²) in [4.78, 5) is 26.6. The second kappa shape index (κ2) is 8.03. The second-order valence-electron chi connectivity index (χ2n) is 8.45. The topological polar surface area (TPSA) is 110 Å². The van der Waals surface area contributed by atoms with Crippen LogP contribution in [-0.2, 0) is 0 Å². The van der Waals surface area contributed by atoms with Crippen molar-refractivity contribution in [3.8, 4) is 5.75 Å². The van der Waals surface area contributed by atoms with Crippen LogP contribution >= 0.6 is 0 Å². The molecule has 2 aliphatic rings. The maximum absolute atomic E-state index is 15.7. The van der Waals surface area contributed by atoms with Crippen molar-refractivity contribution in [2.75, 3.05) is 37.9 Å². The predicted molar refractivity (Wildman–Crippen MR) is 118 cm³/mol.